The third-order valence-corrected chi connectivity index (χ3v) is 7.05. The molecule has 3 heterocycles. The summed E-state index contributed by atoms with van der Waals surface area (Å²) >= 11 is 0. The number of hydrogen-bond acceptors (Lipinski definition) is 8. The molecule has 1 atom stereocenters. The van der Waals surface area contributed by atoms with Crippen molar-refractivity contribution in [2.45, 2.75) is 18.3 Å². The van der Waals surface area contributed by atoms with Gasteiger partial charge in [0.15, 0.2) is 17.3 Å². The number of carbonyl (C=O) groups is 1. The number of guanidine groups is 1. The van der Waals surface area contributed by atoms with Crippen molar-refractivity contribution in [3.63, 3.8) is 0 Å². The van der Waals surface area contributed by atoms with Gasteiger partial charge in [-0.25, -0.2) is 31.5 Å². The summed E-state index contributed by atoms with van der Waals surface area (Å²) < 4.78 is 89.0. The molecule has 2 aliphatic rings. The highest BCUT2D eigenvalue weighted by molar-refractivity contribution is 7.89. The van der Waals surface area contributed by atoms with E-state index in [4.69, 9.17) is 5.73 Å². The second kappa shape index (κ2) is 7.57. The molecule has 0 spiro atoms. The number of alkyl halides is 3. The average Bonchev–Trinajstić information content (AvgIpc) is 3.05. The number of pyridine rings is 1. The highest BCUT2D eigenvalue weighted by Gasteiger charge is 2.46. The zero-order chi connectivity index (χ0) is 24.2. The largest absolute Gasteiger partial charge is 0.586 e. The number of nitrogens with two attached hydrogens (primary N) is 1. The van der Waals surface area contributed by atoms with Crippen LogP contribution in [0.25, 0.3) is 0 Å². The monoisotopic (exact) mass is 488 g/mol. The predicted octanol–water partition coefficient (Wildman–Crippen LogP) is 1.72. The van der Waals surface area contributed by atoms with Crippen LogP contribution in [0.3, 0.4) is 0 Å². The lowest BCUT2D eigenvalue weighted by Crippen LogP contribution is -2.52. The molecule has 33 heavy (non-hydrogen) atoms. The number of ether oxygens (including phenoxy) is 2. The Balaban J connectivity index is 1.65. The minimum absolute atomic E-state index is 0.180. The van der Waals surface area contributed by atoms with Crippen LogP contribution in [-0.2, 0) is 22.0 Å². The Morgan fingerprint density at radius 3 is 2.61 bits per heavy atom. The van der Waals surface area contributed by atoms with Gasteiger partial charge >= 0.3 is 6.29 Å². The molecule has 2 aliphatic heterocycles. The van der Waals surface area contributed by atoms with Crippen LogP contribution in [0.4, 0.5) is 17.6 Å². The van der Waals surface area contributed by atoms with E-state index in [0.29, 0.717) is 4.31 Å². The Bertz CT molecular complexity index is 1290. The Labute approximate surface area is 184 Å². The SMILES string of the molecule is CN1C(N)=N[C@](CF)(c2cc(CC(=O)c3cc4c(cn3)OC(F)(F)O4)ccc2F)CS1(=O)=O. The van der Waals surface area contributed by atoms with Crippen LogP contribution in [-0.4, -0.2) is 55.2 Å². The van der Waals surface area contributed by atoms with Crippen molar-refractivity contribution >= 4 is 21.8 Å². The van der Waals surface area contributed by atoms with Crippen LogP contribution in [0, 0.1) is 5.82 Å². The molecule has 0 aliphatic carbocycles. The first-order valence-electron chi connectivity index (χ1n) is 9.32. The zero-order valence-corrected chi connectivity index (χ0v) is 17.7. The summed E-state index contributed by atoms with van der Waals surface area (Å²) in [5, 5.41) is 0. The molecule has 0 fully saturated rings. The molecule has 2 N–H and O–H groups in total. The lowest BCUT2D eigenvalue weighted by molar-refractivity contribution is -0.286. The van der Waals surface area contributed by atoms with Crippen molar-refractivity contribution in [2.24, 2.45) is 10.7 Å². The van der Waals surface area contributed by atoms with Crippen LogP contribution < -0.4 is 15.2 Å². The van der Waals surface area contributed by atoms with Gasteiger partial charge in [0.2, 0.25) is 16.0 Å². The van der Waals surface area contributed by atoms with Gasteiger partial charge in [0, 0.05) is 25.1 Å². The van der Waals surface area contributed by atoms with Crippen LogP contribution in [0.2, 0.25) is 0 Å². The van der Waals surface area contributed by atoms with Crippen LogP contribution in [0.1, 0.15) is 21.6 Å². The molecule has 0 bridgehead atoms. The van der Waals surface area contributed by atoms with E-state index < -0.39 is 57.4 Å². The quantitative estimate of drug-likeness (QED) is 0.502. The van der Waals surface area contributed by atoms with Gasteiger partial charge in [-0.05, 0) is 17.7 Å². The fourth-order valence-corrected chi connectivity index (χ4v) is 4.89. The Kier molecular flexibility index (Phi) is 5.22. The number of nitrogens with zero attached hydrogens (tertiary/aromatic N) is 3. The lowest BCUT2D eigenvalue weighted by atomic mass is 9.90. The molecule has 0 saturated carbocycles. The van der Waals surface area contributed by atoms with Gasteiger partial charge in [0.05, 0.1) is 6.20 Å². The van der Waals surface area contributed by atoms with E-state index in [9.17, 15) is 30.8 Å². The minimum Gasteiger partial charge on any atom is -0.395 e. The minimum atomic E-state index is -4.08. The molecule has 0 radical (unpaired) electrons. The van der Waals surface area contributed by atoms with Gasteiger partial charge in [0.1, 0.15) is 29.5 Å². The van der Waals surface area contributed by atoms with E-state index in [2.05, 4.69) is 19.5 Å². The second-order valence-corrected chi connectivity index (χ2v) is 9.46. The smallest absolute Gasteiger partial charge is 0.395 e. The second-order valence-electron chi connectivity index (χ2n) is 7.46. The van der Waals surface area contributed by atoms with Gasteiger partial charge in [-0.1, -0.05) is 6.07 Å². The number of aliphatic imine (C=N–C) groups is 1. The summed E-state index contributed by atoms with van der Waals surface area (Å²) in [6.45, 7) is -1.37. The number of benzene rings is 1. The molecule has 4 rings (SSSR count). The maximum Gasteiger partial charge on any atom is 0.586 e. The van der Waals surface area contributed by atoms with Crippen molar-refractivity contribution in [1.29, 1.82) is 0 Å². The van der Waals surface area contributed by atoms with E-state index in [1.165, 1.54) is 6.07 Å². The normalized spacial score (nSPS) is 22.7. The van der Waals surface area contributed by atoms with Crippen molar-refractivity contribution in [1.82, 2.24) is 9.29 Å². The number of carbonyl (C=O) groups excluding carboxylic acids is 1. The molecule has 9 nitrogen and oxygen atoms in total. The first-order valence-corrected chi connectivity index (χ1v) is 10.9. The van der Waals surface area contributed by atoms with Gasteiger partial charge in [-0.2, -0.15) is 0 Å². The number of hydrogen-bond donors (Lipinski definition) is 1. The van der Waals surface area contributed by atoms with Crippen molar-refractivity contribution < 1.29 is 40.2 Å². The third kappa shape index (κ3) is 4.05. The van der Waals surface area contributed by atoms with E-state index in [-0.39, 0.29) is 29.2 Å². The van der Waals surface area contributed by atoms with E-state index in [1.807, 2.05) is 0 Å². The van der Waals surface area contributed by atoms with E-state index >= 15 is 0 Å². The molecular formula is C19H16F4N4O5S. The van der Waals surface area contributed by atoms with Gasteiger partial charge in [-0.3, -0.25) is 4.79 Å². The molecule has 0 saturated heterocycles. The molecule has 1 aromatic heterocycles. The molecule has 0 amide bonds. The summed E-state index contributed by atoms with van der Waals surface area (Å²) in [4.78, 5) is 20.3. The summed E-state index contributed by atoms with van der Waals surface area (Å²) in [5.41, 5.74) is 3.04. The molecule has 0 unspecified atom stereocenters. The fraction of sp³-hybridized carbons (Fsp3) is 0.316. The highest BCUT2D eigenvalue weighted by atomic mass is 32.2. The maximum absolute atomic E-state index is 14.7. The number of aromatic nitrogens is 1. The molecular weight excluding hydrogens is 472 g/mol. The summed E-state index contributed by atoms with van der Waals surface area (Å²) in [6.07, 6.45) is -3.36. The molecule has 1 aromatic carbocycles. The summed E-state index contributed by atoms with van der Waals surface area (Å²) in [5.74, 6) is -3.70. The number of rotatable bonds is 5. The Morgan fingerprint density at radius 2 is 1.94 bits per heavy atom. The van der Waals surface area contributed by atoms with Crippen LogP contribution >= 0.6 is 0 Å². The number of ketones is 1. The summed E-state index contributed by atoms with van der Waals surface area (Å²) in [6, 6.07) is 4.27. The first kappa shape index (κ1) is 22.8. The van der Waals surface area contributed by atoms with Gasteiger partial charge < -0.3 is 15.2 Å². The van der Waals surface area contributed by atoms with Gasteiger partial charge in [-0.15, -0.1) is 8.78 Å². The van der Waals surface area contributed by atoms with Crippen molar-refractivity contribution in [3.05, 3.63) is 53.1 Å². The van der Waals surface area contributed by atoms with Crippen LogP contribution in [0.5, 0.6) is 11.5 Å². The van der Waals surface area contributed by atoms with Gasteiger partial charge in [0.25, 0.3) is 0 Å². The highest BCUT2D eigenvalue weighted by Crippen LogP contribution is 2.40. The topological polar surface area (TPSA) is 124 Å². The fourth-order valence-electron chi connectivity index (χ4n) is 3.47. The Hall–Kier alpha value is -3.42. The zero-order valence-electron chi connectivity index (χ0n) is 16.9. The lowest BCUT2D eigenvalue weighted by Gasteiger charge is -2.35. The maximum atomic E-state index is 14.7. The average molecular weight is 488 g/mol. The first-order chi connectivity index (χ1) is 15.4. The molecule has 2 aromatic rings. The van der Waals surface area contributed by atoms with E-state index in [1.54, 1.807) is 0 Å². The van der Waals surface area contributed by atoms with E-state index in [0.717, 1.165) is 31.4 Å². The number of sulfonamides is 1. The standard InChI is InChI=1S/C19H16F4N4O5S/c1-27-17(24)26-18(8-20,9-33(27,29)30)11-4-10(2-3-12(11)21)5-14(28)13-6-15-16(7-25-13)32-19(22,23)31-15/h2-4,6-7H,5,8-9H2,1H3,(H2,24,26)/t18-/m0/s1. The third-order valence-electron chi connectivity index (χ3n) is 5.18. The predicted molar refractivity (Wildman–Crippen MR) is 106 cm³/mol. The summed E-state index contributed by atoms with van der Waals surface area (Å²) in [7, 11) is -2.95. The van der Waals surface area contributed by atoms with Crippen molar-refractivity contribution in [3.8, 4) is 11.5 Å². The van der Waals surface area contributed by atoms with Crippen molar-refractivity contribution in [2.75, 3.05) is 19.5 Å². The number of halogens is 4. The molecule has 176 valence electrons. The Morgan fingerprint density at radius 1 is 1.24 bits per heavy atom. The number of fused-ring (bicyclic) bond motifs is 1. The molecule has 14 heteroatoms. The number of Topliss-reactive ketones (excluding diaryl/α,β-unsaturated/α-hetero) is 1. The van der Waals surface area contributed by atoms with Crippen LogP contribution in [0.15, 0.2) is 35.5 Å².